The molecule has 2 saturated heterocycles. The van der Waals surface area contributed by atoms with Crippen LogP contribution in [0.15, 0.2) is 0 Å². The summed E-state index contributed by atoms with van der Waals surface area (Å²) in [5.41, 5.74) is -0.758. The second kappa shape index (κ2) is 7.68. The molecule has 0 bridgehead atoms. The standard InChI is InChI=1S/C14H14Cl10O3/c1-10-5-2-3-6(25-12(20,21)9(15)16)8(10)27-13(10,14(22,23)24)26-7(4-5)11(17,18)19/h5-9H,2-4H2,1H3/t5-,6-,7+,8+,10-,13-/m0/s1. The fraction of sp³-hybridized carbons (Fsp3) is 1.00. The molecule has 0 radical (unpaired) electrons. The largest absolute Gasteiger partial charge is 0.339 e. The van der Waals surface area contributed by atoms with E-state index < -0.39 is 46.5 Å². The van der Waals surface area contributed by atoms with Crippen LogP contribution in [-0.2, 0) is 14.2 Å². The molecule has 6 atom stereocenters. The summed E-state index contributed by atoms with van der Waals surface area (Å²) in [6, 6.07) is 0. The van der Waals surface area contributed by atoms with Gasteiger partial charge < -0.3 is 14.2 Å². The van der Waals surface area contributed by atoms with Crippen LogP contribution in [0.4, 0.5) is 0 Å². The van der Waals surface area contributed by atoms with Crippen LogP contribution >= 0.6 is 116 Å². The van der Waals surface area contributed by atoms with Gasteiger partial charge in [-0.15, -0.1) is 0 Å². The van der Waals surface area contributed by atoms with Crippen molar-refractivity contribution < 1.29 is 14.2 Å². The van der Waals surface area contributed by atoms with Crippen molar-refractivity contribution >= 4 is 116 Å². The Hall–Kier alpha value is 2.78. The molecular weight excluding hydrogens is 571 g/mol. The van der Waals surface area contributed by atoms with Gasteiger partial charge in [-0.25, -0.2) is 0 Å². The van der Waals surface area contributed by atoms with Gasteiger partial charge in [-0.2, -0.15) is 0 Å². The predicted molar refractivity (Wildman–Crippen MR) is 113 cm³/mol. The summed E-state index contributed by atoms with van der Waals surface area (Å²) < 4.78 is 12.2. The molecule has 1 aliphatic carbocycles. The van der Waals surface area contributed by atoms with Crippen molar-refractivity contribution in [2.24, 2.45) is 11.3 Å². The quantitative estimate of drug-likeness (QED) is 0.325. The molecule has 3 aliphatic rings. The van der Waals surface area contributed by atoms with Crippen LogP contribution in [0.2, 0.25) is 0 Å². The van der Waals surface area contributed by atoms with Gasteiger partial charge in [-0.3, -0.25) is 0 Å². The van der Waals surface area contributed by atoms with Crippen LogP contribution in [0.1, 0.15) is 26.2 Å². The number of hydrogen-bond donors (Lipinski definition) is 0. The van der Waals surface area contributed by atoms with Crippen LogP contribution in [0.25, 0.3) is 0 Å². The van der Waals surface area contributed by atoms with E-state index in [4.69, 9.17) is 130 Å². The zero-order valence-corrected chi connectivity index (χ0v) is 21.1. The minimum Gasteiger partial charge on any atom is -0.339 e. The first-order valence-corrected chi connectivity index (χ1v) is 11.8. The number of ether oxygens (including phenoxy) is 3. The lowest BCUT2D eigenvalue weighted by Crippen LogP contribution is -2.83. The van der Waals surface area contributed by atoms with Crippen molar-refractivity contribution in [1.29, 1.82) is 0 Å². The Bertz CT molecular complexity index is 591. The highest BCUT2D eigenvalue weighted by Crippen LogP contribution is 2.72. The number of halogens is 10. The van der Waals surface area contributed by atoms with Crippen LogP contribution in [0, 0.1) is 11.3 Å². The number of hydrogen-bond acceptors (Lipinski definition) is 3. The van der Waals surface area contributed by atoms with Gasteiger partial charge in [0.2, 0.25) is 17.9 Å². The molecule has 0 aromatic heterocycles. The van der Waals surface area contributed by atoms with Crippen molar-refractivity contribution in [3.63, 3.8) is 0 Å². The van der Waals surface area contributed by atoms with Crippen molar-refractivity contribution in [2.75, 3.05) is 0 Å². The van der Waals surface area contributed by atoms with E-state index in [9.17, 15) is 0 Å². The second-order valence-electron chi connectivity index (χ2n) is 7.11. The maximum Gasteiger partial charge on any atom is 0.248 e. The van der Waals surface area contributed by atoms with E-state index in [0.717, 1.165) is 0 Å². The lowest BCUT2D eigenvalue weighted by molar-refractivity contribution is -0.486. The first-order chi connectivity index (χ1) is 12.1. The van der Waals surface area contributed by atoms with E-state index in [1.807, 2.05) is 6.92 Å². The average Bonchev–Trinajstić information content (AvgIpc) is 2.47. The minimum atomic E-state index is -1.95. The molecule has 27 heavy (non-hydrogen) atoms. The molecule has 0 aromatic rings. The van der Waals surface area contributed by atoms with Crippen LogP contribution in [0.5, 0.6) is 0 Å². The highest BCUT2D eigenvalue weighted by Gasteiger charge is 2.81. The van der Waals surface area contributed by atoms with Gasteiger partial charge in [0.1, 0.15) is 6.10 Å². The van der Waals surface area contributed by atoms with Crippen LogP contribution in [-0.4, -0.2) is 41.0 Å². The highest BCUT2D eigenvalue weighted by molar-refractivity contribution is 6.69. The average molecular weight is 585 g/mol. The summed E-state index contributed by atoms with van der Waals surface area (Å²) in [6.45, 7) is 1.89. The van der Waals surface area contributed by atoms with Gasteiger partial charge >= 0.3 is 0 Å². The molecule has 3 fully saturated rings. The monoisotopic (exact) mass is 580 g/mol. The summed E-state index contributed by atoms with van der Waals surface area (Å²) in [6.07, 6.45) is -0.243. The second-order valence-corrected chi connectivity index (χ2v) is 14.2. The van der Waals surface area contributed by atoms with Crippen LogP contribution < -0.4 is 0 Å². The molecule has 2 aliphatic heterocycles. The molecule has 0 aromatic carbocycles. The molecule has 3 rings (SSSR count). The fourth-order valence-electron chi connectivity index (χ4n) is 4.37. The number of rotatable bonds is 3. The van der Waals surface area contributed by atoms with Crippen molar-refractivity contribution in [3.05, 3.63) is 0 Å². The Morgan fingerprint density at radius 3 is 2.04 bits per heavy atom. The molecule has 1 saturated carbocycles. The lowest BCUT2D eigenvalue weighted by atomic mass is 9.54. The Labute approximate surface area is 207 Å². The topological polar surface area (TPSA) is 27.7 Å². The Balaban J connectivity index is 1.94. The van der Waals surface area contributed by atoms with Crippen molar-refractivity contribution in [1.82, 2.24) is 0 Å². The summed E-state index contributed by atoms with van der Waals surface area (Å²) in [7, 11) is 0. The molecule has 0 spiro atoms. The third-order valence-corrected chi connectivity index (χ3v) is 8.84. The third kappa shape index (κ3) is 3.90. The van der Waals surface area contributed by atoms with E-state index in [1.165, 1.54) is 0 Å². The maximum absolute atomic E-state index is 6.26. The summed E-state index contributed by atoms with van der Waals surface area (Å²) in [4.78, 5) is -1.18. The van der Waals surface area contributed by atoms with Gasteiger partial charge in [0.05, 0.1) is 17.6 Å². The Kier molecular flexibility index (Phi) is 6.95. The third-order valence-electron chi connectivity index (χ3n) is 5.69. The molecule has 13 heteroatoms. The summed E-state index contributed by atoms with van der Waals surface area (Å²) in [5, 5.41) is 0. The van der Waals surface area contributed by atoms with E-state index in [-0.39, 0.29) is 5.92 Å². The van der Waals surface area contributed by atoms with E-state index >= 15 is 0 Å². The molecule has 0 amide bonds. The van der Waals surface area contributed by atoms with Gasteiger partial charge in [0.15, 0.2) is 4.84 Å². The Morgan fingerprint density at radius 2 is 1.56 bits per heavy atom. The van der Waals surface area contributed by atoms with Gasteiger partial charge in [0.25, 0.3) is 0 Å². The van der Waals surface area contributed by atoms with E-state index in [2.05, 4.69) is 0 Å². The number of alkyl halides is 10. The molecule has 3 nitrogen and oxygen atoms in total. The molecular formula is C14H14Cl10O3. The molecule has 2 heterocycles. The van der Waals surface area contributed by atoms with Crippen molar-refractivity contribution in [2.45, 2.75) is 67.2 Å². The summed E-state index contributed by atoms with van der Waals surface area (Å²) >= 11 is 60.7. The first-order valence-electron chi connectivity index (χ1n) is 7.89. The van der Waals surface area contributed by atoms with E-state index in [1.54, 1.807) is 0 Å². The lowest BCUT2D eigenvalue weighted by Gasteiger charge is -2.72. The SMILES string of the molecule is C[C@]12[C@H]3CC[C@H](OC(Cl)(Cl)C(Cl)Cl)[C@H]1O[C@@]2(C(Cl)(Cl)Cl)O[C@@H](C(Cl)(Cl)Cl)C3. The smallest absolute Gasteiger partial charge is 0.248 e. The van der Waals surface area contributed by atoms with Gasteiger partial charge in [0, 0.05) is 0 Å². The van der Waals surface area contributed by atoms with E-state index in [0.29, 0.717) is 19.3 Å². The zero-order valence-electron chi connectivity index (χ0n) is 13.5. The van der Waals surface area contributed by atoms with Gasteiger partial charge in [-0.05, 0) is 25.2 Å². The maximum atomic E-state index is 6.26. The van der Waals surface area contributed by atoms with Crippen molar-refractivity contribution in [3.8, 4) is 0 Å². The minimum absolute atomic E-state index is 0.0241. The summed E-state index contributed by atoms with van der Waals surface area (Å²) in [5.74, 6) is -1.65. The Morgan fingerprint density at radius 1 is 0.963 bits per heavy atom. The fourth-order valence-corrected chi connectivity index (χ4v) is 5.99. The molecule has 0 unspecified atom stereocenters. The zero-order chi connectivity index (χ0) is 20.6. The molecule has 0 N–H and O–H groups in total. The van der Waals surface area contributed by atoms with Gasteiger partial charge in [-0.1, -0.05) is 123 Å². The highest BCUT2D eigenvalue weighted by atomic mass is 35.6. The predicted octanol–water partition coefficient (Wildman–Crippen LogP) is 7.35. The molecule has 158 valence electrons. The van der Waals surface area contributed by atoms with Crippen LogP contribution in [0.3, 0.4) is 0 Å². The normalized spacial score (nSPS) is 42.7. The first kappa shape index (κ1) is 24.4.